The predicted molar refractivity (Wildman–Crippen MR) is 234 cm³/mol. The standard InChI is InChI=1S/C52H42N4O2/c1-51(2,3)47-45(35-19-15-17-33(29-35)31-53)49(55-37-21-7-11-25-41(37)57-42-26-12-8-22-38(42)55)48(52(4,5)6)50(46(47)36-20-16-18-34(30-36)32-54)56-39-23-9-13-27-43(39)58-44-28-14-10-24-40(44)56/h7-30H,1-6H3. The first-order valence-corrected chi connectivity index (χ1v) is 19.6. The number of anilines is 6. The minimum Gasteiger partial charge on any atom is -0.453 e. The Balaban J connectivity index is 1.61. The fourth-order valence-electron chi connectivity index (χ4n) is 8.57. The molecular weight excluding hydrogens is 713 g/mol. The molecule has 0 fully saturated rings. The van der Waals surface area contributed by atoms with E-state index in [1.165, 1.54) is 0 Å². The van der Waals surface area contributed by atoms with E-state index in [-0.39, 0.29) is 0 Å². The summed E-state index contributed by atoms with van der Waals surface area (Å²) < 4.78 is 13.3. The largest absolute Gasteiger partial charge is 0.453 e. The topological polar surface area (TPSA) is 72.5 Å². The number of nitriles is 2. The number of nitrogens with zero attached hydrogens (tertiary/aromatic N) is 4. The molecule has 0 aromatic heterocycles. The summed E-state index contributed by atoms with van der Waals surface area (Å²) in [6, 6.07) is 53.6. The van der Waals surface area contributed by atoms with E-state index < -0.39 is 10.8 Å². The van der Waals surface area contributed by atoms with E-state index in [0.717, 1.165) is 90.5 Å². The fraction of sp³-hybridized carbons (Fsp3) is 0.154. The second-order valence-corrected chi connectivity index (χ2v) is 16.8. The number of para-hydroxylation sites is 8. The molecule has 2 aliphatic heterocycles. The van der Waals surface area contributed by atoms with Crippen molar-refractivity contribution in [3.05, 3.63) is 168 Å². The molecule has 0 N–H and O–H groups in total. The molecule has 2 heterocycles. The first-order valence-electron chi connectivity index (χ1n) is 19.6. The Morgan fingerprint density at radius 2 is 0.741 bits per heavy atom. The van der Waals surface area contributed by atoms with E-state index in [1.54, 1.807) is 0 Å². The quantitative estimate of drug-likeness (QED) is 0.178. The molecule has 0 spiro atoms. The van der Waals surface area contributed by atoms with Crippen LogP contribution in [0.2, 0.25) is 0 Å². The van der Waals surface area contributed by atoms with Crippen molar-refractivity contribution in [2.75, 3.05) is 9.80 Å². The maximum atomic E-state index is 10.4. The summed E-state index contributed by atoms with van der Waals surface area (Å²) in [5.41, 5.74) is 11.6. The molecule has 6 heteroatoms. The summed E-state index contributed by atoms with van der Waals surface area (Å²) >= 11 is 0. The van der Waals surface area contributed by atoms with Crippen molar-refractivity contribution < 1.29 is 9.47 Å². The molecule has 7 aromatic rings. The maximum absolute atomic E-state index is 10.4. The van der Waals surface area contributed by atoms with Crippen molar-refractivity contribution in [2.24, 2.45) is 0 Å². The Morgan fingerprint density at radius 1 is 0.414 bits per heavy atom. The Bertz CT molecular complexity index is 2590. The molecule has 0 amide bonds. The molecular formula is C52H42N4O2. The summed E-state index contributed by atoms with van der Waals surface area (Å²) in [6.45, 7) is 13.6. The number of rotatable bonds is 4. The number of hydrogen-bond donors (Lipinski definition) is 0. The Hall–Kier alpha value is -7.28. The van der Waals surface area contributed by atoms with Gasteiger partial charge < -0.3 is 19.3 Å². The lowest BCUT2D eigenvalue weighted by molar-refractivity contribution is 0.476. The monoisotopic (exact) mass is 754 g/mol. The highest BCUT2D eigenvalue weighted by Crippen LogP contribution is 2.64. The van der Waals surface area contributed by atoms with Crippen LogP contribution in [0.5, 0.6) is 23.0 Å². The third-order valence-electron chi connectivity index (χ3n) is 10.8. The molecule has 0 unspecified atom stereocenters. The van der Waals surface area contributed by atoms with Gasteiger partial charge in [0.05, 0.1) is 57.4 Å². The minimum atomic E-state index is -0.519. The molecule has 0 saturated heterocycles. The van der Waals surface area contributed by atoms with Crippen LogP contribution in [0.1, 0.15) is 63.8 Å². The van der Waals surface area contributed by atoms with E-state index in [4.69, 9.17) is 9.47 Å². The van der Waals surface area contributed by atoms with Crippen LogP contribution in [0.25, 0.3) is 22.3 Å². The average Bonchev–Trinajstić information content (AvgIpc) is 3.23. The van der Waals surface area contributed by atoms with Gasteiger partial charge in [-0.25, -0.2) is 0 Å². The number of fused-ring (bicyclic) bond motifs is 4. The smallest absolute Gasteiger partial charge is 0.151 e. The molecule has 0 saturated carbocycles. The summed E-state index contributed by atoms with van der Waals surface area (Å²) in [4.78, 5) is 4.74. The van der Waals surface area contributed by atoms with Gasteiger partial charge in [-0.05, 0) is 100 Å². The van der Waals surface area contributed by atoms with Crippen molar-refractivity contribution in [3.8, 4) is 57.4 Å². The SMILES string of the molecule is CC(C)(C)c1c(-c2cccc(C#N)c2)c(N2c3ccccc3Oc3ccccc32)c(C(C)(C)C)c(N2c3ccccc3Oc3ccccc32)c1-c1cccc(C#N)c1. The molecule has 0 aliphatic carbocycles. The first-order chi connectivity index (χ1) is 28.0. The number of benzene rings is 7. The van der Waals surface area contributed by atoms with Crippen molar-refractivity contribution in [2.45, 2.75) is 52.4 Å². The highest BCUT2D eigenvalue weighted by atomic mass is 16.5. The van der Waals surface area contributed by atoms with Gasteiger partial charge in [-0.2, -0.15) is 10.5 Å². The average molecular weight is 755 g/mol. The first kappa shape index (κ1) is 36.4. The van der Waals surface area contributed by atoms with Crippen LogP contribution < -0.4 is 19.3 Å². The van der Waals surface area contributed by atoms with E-state index in [2.05, 4.69) is 124 Å². The summed E-state index contributed by atoms with van der Waals surface area (Å²) in [5, 5.41) is 20.7. The zero-order chi connectivity index (χ0) is 40.3. The van der Waals surface area contributed by atoms with Gasteiger partial charge in [-0.15, -0.1) is 0 Å². The van der Waals surface area contributed by atoms with Crippen molar-refractivity contribution >= 4 is 34.1 Å². The highest BCUT2D eigenvalue weighted by Gasteiger charge is 2.43. The molecule has 9 rings (SSSR count). The van der Waals surface area contributed by atoms with Crippen LogP contribution >= 0.6 is 0 Å². The van der Waals surface area contributed by atoms with Gasteiger partial charge >= 0.3 is 0 Å². The molecule has 282 valence electrons. The highest BCUT2D eigenvalue weighted by molar-refractivity contribution is 6.07. The van der Waals surface area contributed by atoms with Gasteiger partial charge in [0, 0.05) is 16.7 Å². The number of hydrogen-bond acceptors (Lipinski definition) is 6. The molecule has 58 heavy (non-hydrogen) atoms. The molecule has 0 bridgehead atoms. The van der Waals surface area contributed by atoms with Gasteiger partial charge in [0.1, 0.15) is 0 Å². The van der Waals surface area contributed by atoms with Crippen molar-refractivity contribution in [1.29, 1.82) is 10.5 Å². The summed E-state index contributed by atoms with van der Waals surface area (Å²) in [5.74, 6) is 2.96. The summed E-state index contributed by atoms with van der Waals surface area (Å²) in [6.07, 6.45) is 0. The second kappa shape index (κ2) is 13.7. The van der Waals surface area contributed by atoms with Gasteiger partial charge in [0.25, 0.3) is 0 Å². The zero-order valence-electron chi connectivity index (χ0n) is 33.5. The molecule has 0 atom stereocenters. The summed E-state index contributed by atoms with van der Waals surface area (Å²) in [7, 11) is 0. The molecule has 6 nitrogen and oxygen atoms in total. The van der Waals surface area contributed by atoms with Crippen LogP contribution in [0.4, 0.5) is 34.1 Å². The van der Waals surface area contributed by atoms with Crippen LogP contribution in [0, 0.1) is 22.7 Å². The van der Waals surface area contributed by atoms with Gasteiger partial charge in [0.15, 0.2) is 23.0 Å². The van der Waals surface area contributed by atoms with Crippen LogP contribution in [-0.2, 0) is 10.8 Å². The van der Waals surface area contributed by atoms with Crippen molar-refractivity contribution in [3.63, 3.8) is 0 Å². The van der Waals surface area contributed by atoms with Crippen molar-refractivity contribution in [1.82, 2.24) is 0 Å². The van der Waals surface area contributed by atoms with E-state index in [9.17, 15) is 10.5 Å². The van der Waals surface area contributed by atoms with Crippen LogP contribution in [0.3, 0.4) is 0 Å². The van der Waals surface area contributed by atoms with E-state index in [0.29, 0.717) is 11.1 Å². The van der Waals surface area contributed by atoms with Gasteiger partial charge in [-0.3, -0.25) is 0 Å². The lowest BCUT2D eigenvalue weighted by Crippen LogP contribution is -2.29. The Labute approximate surface area is 340 Å². The normalized spacial score (nSPS) is 12.8. The van der Waals surface area contributed by atoms with Crippen LogP contribution in [0.15, 0.2) is 146 Å². The third-order valence-corrected chi connectivity index (χ3v) is 10.8. The van der Waals surface area contributed by atoms with Crippen LogP contribution in [-0.4, -0.2) is 0 Å². The predicted octanol–water partition coefficient (Wildman–Crippen LogP) is 14.5. The van der Waals surface area contributed by atoms with Gasteiger partial charge in [0.2, 0.25) is 0 Å². The lowest BCUT2D eigenvalue weighted by atomic mass is 9.70. The fourth-order valence-corrected chi connectivity index (χ4v) is 8.57. The van der Waals surface area contributed by atoms with E-state index in [1.807, 2.05) is 84.9 Å². The minimum absolute atomic E-state index is 0.494. The van der Waals surface area contributed by atoms with E-state index >= 15 is 0 Å². The van der Waals surface area contributed by atoms with Gasteiger partial charge in [-0.1, -0.05) is 114 Å². The number of ether oxygens (including phenoxy) is 2. The molecule has 2 aliphatic rings. The maximum Gasteiger partial charge on any atom is 0.151 e. The molecule has 0 radical (unpaired) electrons. The Kier molecular flexibility index (Phi) is 8.61. The molecule has 7 aromatic carbocycles. The Morgan fingerprint density at radius 3 is 1.05 bits per heavy atom. The third kappa shape index (κ3) is 5.94. The second-order valence-electron chi connectivity index (χ2n) is 16.8. The lowest BCUT2D eigenvalue weighted by Gasteiger charge is -2.45. The zero-order valence-corrected chi connectivity index (χ0v) is 33.5.